The van der Waals surface area contributed by atoms with Crippen molar-refractivity contribution >= 4 is 0 Å². The minimum atomic E-state index is 0.546. The van der Waals surface area contributed by atoms with Gasteiger partial charge in [-0.25, -0.2) is 0 Å². The number of likely N-dealkylation sites (tertiary alicyclic amines) is 1. The first-order chi connectivity index (χ1) is 7.81. The van der Waals surface area contributed by atoms with E-state index in [1.807, 2.05) is 0 Å². The third-order valence-corrected chi connectivity index (χ3v) is 3.54. The van der Waals surface area contributed by atoms with Crippen LogP contribution in [0.15, 0.2) is 30.3 Å². The zero-order chi connectivity index (χ0) is 11.4. The van der Waals surface area contributed by atoms with Crippen LogP contribution in [0.25, 0.3) is 0 Å². The summed E-state index contributed by atoms with van der Waals surface area (Å²) in [5.74, 6) is 0. The quantitative estimate of drug-likeness (QED) is 0.835. The Hall–Kier alpha value is -0.860. The fourth-order valence-electron chi connectivity index (χ4n) is 2.54. The number of nitrogens with one attached hydrogen (secondary N) is 1. The van der Waals surface area contributed by atoms with Gasteiger partial charge in [-0.05, 0) is 25.5 Å². The predicted molar refractivity (Wildman–Crippen MR) is 68.5 cm³/mol. The van der Waals surface area contributed by atoms with Gasteiger partial charge in [0.15, 0.2) is 0 Å². The van der Waals surface area contributed by atoms with Crippen LogP contribution in [0.1, 0.15) is 31.9 Å². The van der Waals surface area contributed by atoms with Crippen LogP contribution >= 0.6 is 0 Å². The maximum absolute atomic E-state index is 3.54. The van der Waals surface area contributed by atoms with Crippen LogP contribution in [0.2, 0.25) is 0 Å². The molecule has 1 aromatic carbocycles. The topological polar surface area (TPSA) is 15.3 Å². The van der Waals surface area contributed by atoms with E-state index in [0.717, 1.165) is 6.54 Å². The average Bonchev–Trinajstić information content (AvgIpc) is 2.78. The molecule has 0 aliphatic carbocycles. The van der Waals surface area contributed by atoms with Gasteiger partial charge >= 0.3 is 0 Å². The van der Waals surface area contributed by atoms with Crippen LogP contribution in [-0.4, -0.2) is 30.6 Å². The summed E-state index contributed by atoms with van der Waals surface area (Å²) in [6, 6.07) is 12.0. The third kappa shape index (κ3) is 2.63. The molecule has 0 spiro atoms. The lowest BCUT2D eigenvalue weighted by Gasteiger charge is -2.24. The Kier molecular flexibility index (Phi) is 3.97. The van der Waals surface area contributed by atoms with Crippen molar-refractivity contribution in [2.75, 3.05) is 19.6 Å². The summed E-state index contributed by atoms with van der Waals surface area (Å²) in [4.78, 5) is 2.57. The van der Waals surface area contributed by atoms with Gasteiger partial charge in [-0.2, -0.15) is 0 Å². The lowest BCUT2D eigenvalue weighted by atomic mass is 10.1. The van der Waals surface area contributed by atoms with Gasteiger partial charge in [0.1, 0.15) is 0 Å². The Morgan fingerprint density at radius 3 is 2.81 bits per heavy atom. The Morgan fingerprint density at radius 2 is 2.12 bits per heavy atom. The highest BCUT2D eigenvalue weighted by Gasteiger charge is 2.25. The lowest BCUT2D eigenvalue weighted by molar-refractivity contribution is 0.256. The van der Waals surface area contributed by atoms with E-state index in [-0.39, 0.29) is 0 Å². The number of likely N-dealkylation sites (N-methyl/N-ethyl adjacent to an activating group) is 1. The zero-order valence-electron chi connectivity index (χ0n) is 10.3. The van der Waals surface area contributed by atoms with Crippen molar-refractivity contribution in [3.8, 4) is 0 Å². The predicted octanol–water partition coefficient (Wildman–Crippen LogP) is 2.43. The largest absolute Gasteiger partial charge is 0.313 e. The SMILES string of the molecule is CCN[C@@H]1CCN([C@@H](C)c2ccccc2)C1. The molecule has 0 radical (unpaired) electrons. The first kappa shape index (κ1) is 11.6. The molecule has 2 rings (SSSR count). The Bertz CT molecular complexity index is 310. The van der Waals surface area contributed by atoms with E-state index >= 15 is 0 Å². The number of nitrogens with zero attached hydrogens (tertiary/aromatic N) is 1. The van der Waals surface area contributed by atoms with Crippen molar-refractivity contribution < 1.29 is 0 Å². The number of benzene rings is 1. The van der Waals surface area contributed by atoms with Gasteiger partial charge < -0.3 is 5.32 Å². The van der Waals surface area contributed by atoms with Crippen LogP contribution in [-0.2, 0) is 0 Å². The van der Waals surface area contributed by atoms with Gasteiger partial charge in [0.05, 0.1) is 0 Å². The minimum Gasteiger partial charge on any atom is -0.313 e. The number of rotatable bonds is 4. The molecule has 0 unspecified atom stereocenters. The van der Waals surface area contributed by atoms with Gasteiger partial charge in [-0.3, -0.25) is 4.90 Å². The molecule has 2 heteroatoms. The Morgan fingerprint density at radius 1 is 1.38 bits per heavy atom. The van der Waals surface area contributed by atoms with Crippen LogP contribution in [0, 0.1) is 0 Å². The van der Waals surface area contributed by atoms with E-state index in [2.05, 4.69) is 54.4 Å². The number of hydrogen-bond acceptors (Lipinski definition) is 2. The van der Waals surface area contributed by atoms with Gasteiger partial charge in [-0.1, -0.05) is 37.3 Å². The van der Waals surface area contributed by atoms with E-state index in [1.165, 1.54) is 25.1 Å². The second-order valence-electron chi connectivity index (χ2n) is 4.62. The summed E-state index contributed by atoms with van der Waals surface area (Å²) < 4.78 is 0. The molecule has 1 saturated heterocycles. The van der Waals surface area contributed by atoms with E-state index in [9.17, 15) is 0 Å². The Balaban J connectivity index is 1.94. The highest BCUT2D eigenvalue weighted by atomic mass is 15.2. The molecule has 1 aliphatic rings. The molecule has 1 aliphatic heterocycles. The van der Waals surface area contributed by atoms with Crippen molar-refractivity contribution in [2.24, 2.45) is 0 Å². The van der Waals surface area contributed by atoms with Crippen molar-refractivity contribution in [3.05, 3.63) is 35.9 Å². The maximum Gasteiger partial charge on any atom is 0.0320 e. The molecule has 0 saturated carbocycles. The van der Waals surface area contributed by atoms with E-state index in [0.29, 0.717) is 12.1 Å². The standard InChI is InChI=1S/C14H22N2/c1-3-15-14-9-10-16(11-14)12(2)13-7-5-4-6-8-13/h4-8,12,14-15H,3,9-11H2,1-2H3/t12-,14+/m0/s1. The lowest BCUT2D eigenvalue weighted by Crippen LogP contribution is -2.33. The van der Waals surface area contributed by atoms with Crippen molar-refractivity contribution in [1.29, 1.82) is 0 Å². The number of hydrogen-bond donors (Lipinski definition) is 1. The summed E-state index contributed by atoms with van der Waals surface area (Å²) in [5, 5.41) is 3.54. The van der Waals surface area contributed by atoms with Crippen molar-refractivity contribution in [3.63, 3.8) is 0 Å². The van der Waals surface area contributed by atoms with E-state index < -0.39 is 0 Å². The van der Waals surface area contributed by atoms with Gasteiger partial charge in [-0.15, -0.1) is 0 Å². The molecular weight excluding hydrogens is 196 g/mol. The molecule has 16 heavy (non-hydrogen) atoms. The zero-order valence-corrected chi connectivity index (χ0v) is 10.3. The fourth-order valence-corrected chi connectivity index (χ4v) is 2.54. The normalized spacial score (nSPS) is 23.5. The van der Waals surface area contributed by atoms with Gasteiger partial charge in [0, 0.05) is 25.2 Å². The van der Waals surface area contributed by atoms with E-state index in [4.69, 9.17) is 0 Å². The molecule has 1 heterocycles. The molecular formula is C14H22N2. The smallest absolute Gasteiger partial charge is 0.0320 e. The highest BCUT2D eigenvalue weighted by molar-refractivity contribution is 5.18. The monoisotopic (exact) mass is 218 g/mol. The molecule has 0 amide bonds. The molecule has 0 bridgehead atoms. The summed E-state index contributed by atoms with van der Waals surface area (Å²) >= 11 is 0. The second kappa shape index (κ2) is 5.46. The first-order valence-electron chi connectivity index (χ1n) is 6.33. The fraction of sp³-hybridized carbons (Fsp3) is 0.571. The van der Waals surface area contributed by atoms with Crippen molar-refractivity contribution in [1.82, 2.24) is 10.2 Å². The van der Waals surface area contributed by atoms with Crippen molar-refractivity contribution in [2.45, 2.75) is 32.4 Å². The Labute approximate surface area is 98.7 Å². The summed E-state index contributed by atoms with van der Waals surface area (Å²) in [5.41, 5.74) is 1.43. The highest BCUT2D eigenvalue weighted by Crippen LogP contribution is 2.24. The minimum absolute atomic E-state index is 0.546. The molecule has 88 valence electrons. The van der Waals surface area contributed by atoms with E-state index in [1.54, 1.807) is 0 Å². The van der Waals surface area contributed by atoms with Crippen LogP contribution in [0.4, 0.5) is 0 Å². The molecule has 1 fully saturated rings. The van der Waals surface area contributed by atoms with Crippen LogP contribution in [0.3, 0.4) is 0 Å². The third-order valence-electron chi connectivity index (χ3n) is 3.54. The van der Waals surface area contributed by atoms with Gasteiger partial charge in [0.2, 0.25) is 0 Å². The maximum atomic E-state index is 3.54. The molecule has 0 aromatic heterocycles. The first-order valence-corrected chi connectivity index (χ1v) is 6.33. The molecule has 1 N–H and O–H groups in total. The molecule has 1 aromatic rings. The average molecular weight is 218 g/mol. The second-order valence-corrected chi connectivity index (χ2v) is 4.62. The van der Waals surface area contributed by atoms with Gasteiger partial charge in [0.25, 0.3) is 0 Å². The summed E-state index contributed by atoms with van der Waals surface area (Å²) in [6.07, 6.45) is 1.28. The van der Waals surface area contributed by atoms with Crippen LogP contribution < -0.4 is 5.32 Å². The molecule has 2 atom stereocenters. The summed E-state index contributed by atoms with van der Waals surface area (Å²) in [7, 11) is 0. The molecule has 2 nitrogen and oxygen atoms in total. The van der Waals surface area contributed by atoms with Crippen LogP contribution in [0.5, 0.6) is 0 Å². The summed E-state index contributed by atoms with van der Waals surface area (Å²) in [6.45, 7) is 7.97.